The van der Waals surface area contributed by atoms with E-state index in [2.05, 4.69) is 16.0 Å². The molecule has 81 valence electrons. The molecule has 2 aromatic rings. The molecule has 1 aliphatic heterocycles. The van der Waals surface area contributed by atoms with Gasteiger partial charge in [-0.15, -0.1) is 0 Å². The Hall–Kier alpha value is -1.77. The van der Waals surface area contributed by atoms with Crippen LogP contribution >= 0.6 is 0 Å². The van der Waals surface area contributed by atoms with Crippen LogP contribution in [0.3, 0.4) is 0 Å². The molecule has 0 spiro atoms. The van der Waals surface area contributed by atoms with E-state index in [4.69, 9.17) is 0 Å². The third-order valence-corrected chi connectivity index (χ3v) is 3.02. The van der Waals surface area contributed by atoms with Gasteiger partial charge in [0.15, 0.2) is 0 Å². The number of nitrogens with zero attached hydrogens (tertiary/aromatic N) is 2. The Balaban J connectivity index is 2.13. The fourth-order valence-electron chi connectivity index (χ4n) is 2.17. The first-order chi connectivity index (χ1) is 7.84. The van der Waals surface area contributed by atoms with Gasteiger partial charge in [0.05, 0.1) is 11.6 Å². The number of pyridine rings is 1. The van der Waals surface area contributed by atoms with Crippen LogP contribution in [0.1, 0.15) is 12.8 Å². The molecule has 0 unspecified atom stereocenters. The van der Waals surface area contributed by atoms with E-state index in [0.717, 1.165) is 29.8 Å². The van der Waals surface area contributed by atoms with Crippen molar-refractivity contribution < 1.29 is 5.11 Å². The molecule has 3 nitrogen and oxygen atoms in total. The lowest BCUT2D eigenvalue weighted by molar-refractivity contribution is 0.480. The molecule has 1 aromatic heterocycles. The van der Waals surface area contributed by atoms with Gasteiger partial charge in [-0.1, -0.05) is 12.1 Å². The fraction of sp³-hybridized carbons (Fsp3) is 0.308. The number of hydrogen-bond donors (Lipinski definition) is 1. The zero-order valence-corrected chi connectivity index (χ0v) is 8.98. The highest BCUT2D eigenvalue weighted by Gasteiger charge is 2.15. The number of benzene rings is 1. The van der Waals surface area contributed by atoms with Gasteiger partial charge in [0.25, 0.3) is 0 Å². The minimum Gasteiger partial charge on any atom is -0.506 e. The van der Waals surface area contributed by atoms with Crippen LogP contribution in [0.2, 0.25) is 0 Å². The summed E-state index contributed by atoms with van der Waals surface area (Å²) in [5, 5.41) is 10.7. The standard InChI is InChI=1S/C13H13N2O/c16-12-9-13(15-7-3-4-8-15)14-11-6-2-1-5-10(11)12/h1-2,5-6H,3-4,7-8H2,(H,14,16). The topological polar surface area (TPSA) is 36.4 Å². The number of aromatic nitrogens is 1. The fourth-order valence-corrected chi connectivity index (χ4v) is 2.17. The summed E-state index contributed by atoms with van der Waals surface area (Å²) in [6.45, 7) is 2.03. The minimum atomic E-state index is 0.201. The summed E-state index contributed by atoms with van der Waals surface area (Å²) in [5.74, 6) is 0.973. The predicted molar refractivity (Wildman–Crippen MR) is 63.7 cm³/mol. The van der Waals surface area contributed by atoms with Crippen molar-refractivity contribution in [3.63, 3.8) is 0 Å². The van der Waals surface area contributed by atoms with Gasteiger partial charge in [0.2, 0.25) is 0 Å². The van der Waals surface area contributed by atoms with Crippen LogP contribution in [-0.2, 0) is 0 Å². The summed E-state index contributed by atoms with van der Waals surface area (Å²) in [6.07, 6.45) is 2.40. The zero-order valence-electron chi connectivity index (χ0n) is 8.98. The molecule has 0 aliphatic carbocycles. The zero-order chi connectivity index (χ0) is 11.0. The molecule has 0 saturated carbocycles. The highest BCUT2D eigenvalue weighted by molar-refractivity contribution is 5.86. The molecular weight excluding hydrogens is 200 g/mol. The van der Waals surface area contributed by atoms with Crippen molar-refractivity contribution in [3.8, 4) is 5.75 Å². The van der Waals surface area contributed by atoms with Crippen LogP contribution in [0.25, 0.3) is 10.9 Å². The van der Waals surface area contributed by atoms with Crippen molar-refractivity contribution >= 4 is 16.7 Å². The Morgan fingerprint density at radius 2 is 1.94 bits per heavy atom. The van der Waals surface area contributed by atoms with Gasteiger partial charge in [0, 0.05) is 18.5 Å². The molecule has 16 heavy (non-hydrogen) atoms. The quantitative estimate of drug-likeness (QED) is 0.789. The second-order valence-electron chi connectivity index (χ2n) is 4.12. The second kappa shape index (κ2) is 3.67. The highest BCUT2D eigenvalue weighted by atomic mass is 16.3. The van der Waals surface area contributed by atoms with Crippen molar-refractivity contribution in [2.75, 3.05) is 18.0 Å². The van der Waals surface area contributed by atoms with Gasteiger partial charge in [-0.05, 0) is 25.0 Å². The largest absolute Gasteiger partial charge is 0.506 e. The number of para-hydroxylation sites is 1. The van der Waals surface area contributed by atoms with E-state index < -0.39 is 0 Å². The third-order valence-electron chi connectivity index (χ3n) is 3.02. The molecule has 0 atom stereocenters. The Bertz CT molecular complexity index is 518. The van der Waals surface area contributed by atoms with Crippen LogP contribution in [0, 0.1) is 6.07 Å². The van der Waals surface area contributed by atoms with Crippen LogP contribution in [-0.4, -0.2) is 23.2 Å². The van der Waals surface area contributed by atoms with Gasteiger partial charge >= 0.3 is 0 Å². The van der Waals surface area contributed by atoms with Crippen LogP contribution in [0.5, 0.6) is 5.75 Å². The highest BCUT2D eigenvalue weighted by Crippen LogP contribution is 2.28. The van der Waals surface area contributed by atoms with E-state index in [1.165, 1.54) is 12.8 Å². The average Bonchev–Trinajstić information content (AvgIpc) is 2.82. The van der Waals surface area contributed by atoms with Crippen LogP contribution in [0.4, 0.5) is 5.82 Å². The molecule has 1 saturated heterocycles. The predicted octanol–water partition coefficient (Wildman–Crippen LogP) is 2.34. The van der Waals surface area contributed by atoms with Crippen LogP contribution < -0.4 is 4.90 Å². The van der Waals surface area contributed by atoms with Crippen molar-refractivity contribution in [3.05, 3.63) is 30.3 Å². The molecule has 0 bridgehead atoms. The summed E-state index contributed by atoms with van der Waals surface area (Å²) < 4.78 is 0. The first kappa shape index (κ1) is 9.46. The minimum absolute atomic E-state index is 0.201. The molecule has 1 aliphatic rings. The number of fused-ring (bicyclic) bond motifs is 1. The molecule has 3 heteroatoms. The second-order valence-corrected chi connectivity index (χ2v) is 4.12. The molecule has 3 rings (SSSR count). The third kappa shape index (κ3) is 1.48. The number of anilines is 1. The SMILES string of the molecule is Oc1[c]c(N2CCCC2)nc2ccccc12. The molecule has 1 N–H and O–H groups in total. The van der Waals surface area contributed by atoms with E-state index in [-0.39, 0.29) is 5.75 Å². The lowest BCUT2D eigenvalue weighted by atomic mass is 10.2. The summed E-state index contributed by atoms with van der Waals surface area (Å²) in [7, 11) is 0. The lowest BCUT2D eigenvalue weighted by Crippen LogP contribution is -2.18. The molecule has 0 amide bonds. The molecular formula is C13H13N2O. The maximum atomic E-state index is 9.89. The first-order valence-electron chi connectivity index (χ1n) is 5.60. The summed E-state index contributed by atoms with van der Waals surface area (Å²) >= 11 is 0. The number of aromatic hydroxyl groups is 1. The monoisotopic (exact) mass is 213 g/mol. The number of rotatable bonds is 1. The first-order valence-corrected chi connectivity index (χ1v) is 5.60. The van der Waals surface area contributed by atoms with E-state index in [1.807, 2.05) is 24.3 Å². The van der Waals surface area contributed by atoms with Crippen LogP contribution in [0.15, 0.2) is 24.3 Å². The van der Waals surface area contributed by atoms with Crippen molar-refractivity contribution in [1.29, 1.82) is 0 Å². The van der Waals surface area contributed by atoms with Gasteiger partial charge in [0.1, 0.15) is 11.6 Å². The Labute approximate surface area is 94.3 Å². The van der Waals surface area contributed by atoms with Crippen molar-refractivity contribution in [1.82, 2.24) is 4.98 Å². The average molecular weight is 213 g/mol. The van der Waals surface area contributed by atoms with Gasteiger partial charge in [-0.3, -0.25) is 0 Å². The Kier molecular flexibility index (Phi) is 2.17. The molecule has 1 aromatic carbocycles. The lowest BCUT2D eigenvalue weighted by Gasteiger charge is -2.16. The van der Waals surface area contributed by atoms with Gasteiger partial charge in [-0.25, -0.2) is 4.98 Å². The molecule has 1 radical (unpaired) electrons. The Morgan fingerprint density at radius 1 is 1.19 bits per heavy atom. The maximum Gasteiger partial charge on any atom is 0.141 e. The van der Waals surface area contributed by atoms with Gasteiger partial charge in [-0.2, -0.15) is 0 Å². The summed E-state index contributed by atoms with van der Waals surface area (Å²) in [5.41, 5.74) is 0.834. The normalized spacial score (nSPS) is 15.9. The van der Waals surface area contributed by atoms with Crippen molar-refractivity contribution in [2.24, 2.45) is 0 Å². The van der Waals surface area contributed by atoms with Crippen molar-refractivity contribution in [2.45, 2.75) is 12.8 Å². The summed E-state index contributed by atoms with van der Waals surface area (Å²) in [6, 6.07) is 10.6. The van der Waals surface area contributed by atoms with Gasteiger partial charge < -0.3 is 10.0 Å². The molecule has 1 fully saturated rings. The maximum absolute atomic E-state index is 9.89. The summed E-state index contributed by atoms with van der Waals surface area (Å²) in [4.78, 5) is 6.70. The Morgan fingerprint density at radius 3 is 2.75 bits per heavy atom. The van der Waals surface area contributed by atoms with E-state index >= 15 is 0 Å². The van der Waals surface area contributed by atoms with E-state index in [0.29, 0.717) is 0 Å². The smallest absolute Gasteiger partial charge is 0.141 e. The van der Waals surface area contributed by atoms with E-state index in [9.17, 15) is 5.11 Å². The number of hydrogen-bond acceptors (Lipinski definition) is 3. The van der Waals surface area contributed by atoms with E-state index in [1.54, 1.807) is 0 Å². The molecule has 2 heterocycles.